The number of carboxylic acid groups (broad SMARTS) is 1. The Labute approximate surface area is 134 Å². The SMILES string of the molecule is Cc1c(C(=O)O)c[nH]c1C=C1C(=O)Nc2ccc(S(C)=O)cc21. The van der Waals surface area contributed by atoms with Crippen molar-refractivity contribution in [3.63, 3.8) is 0 Å². The molecule has 1 amide bonds. The normalized spacial score (nSPS) is 16.3. The van der Waals surface area contributed by atoms with E-state index < -0.39 is 16.8 Å². The molecule has 1 aliphatic rings. The maximum atomic E-state index is 12.2. The molecule has 0 aliphatic carbocycles. The van der Waals surface area contributed by atoms with Gasteiger partial charge in [0.25, 0.3) is 5.91 Å². The molecule has 1 aromatic carbocycles. The van der Waals surface area contributed by atoms with Crippen molar-refractivity contribution in [2.75, 3.05) is 11.6 Å². The van der Waals surface area contributed by atoms with Gasteiger partial charge in [-0.3, -0.25) is 9.00 Å². The Morgan fingerprint density at radius 1 is 1.35 bits per heavy atom. The third-order valence-corrected chi connectivity index (χ3v) is 4.72. The molecule has 3 rings (SSSR count). The van der Waals surface area contributed by atoms with Crippen LogP contribution in [-0.2, 0) is 15.6 Å². The second kappa shape index (κ2) is 5.51. The average molecular weight is 330 g/mol. The van der Waals surface area contributed by atoms with Crippen LogP contribution >= 0.6 is 0 Å². The molecule has 118 valence electrons. The number of amides is 1. The first-order valence-corrected chi connectivity index (χ1v) is 8.36. The first-order chi connectivity index (χ1) is 10.9. The molecule has 0 saturated heterocycles. The first kappa shape index (κ1) is 15.2. The Morgan fingerprint density at radius 2 is 2.09 bits per heavy atom. The standard InChI is InChI=1S/C16H14N2O4S/c1-8-12(16(20)21)7-17-14(8)6-11-10-5-9(23(2)22)3-4-13(10)18-15(11)19/h3-7,17H,1-2H3,(H,18,19)(H,20,21). The molecule has 2 aromatic rings. The number of rotatable bonds is 3. The van der Waals surface area contributed by atoms with Gasteiger partial charge >= 0.3 is 5.97 Å². The van der Waals surface area contributed by atoms with E-state index in [1.165, 1.54) is 6.20 Å². The Morgan fingerprint density at radius 3 is 2.70 bits per heavy atom. The van der Waals surface area contributed by atoms with E-state index in [9.17, 15) is 13.8 Å². The fourth-order valence-corrected chi connectivity index (χ4v) is 3.06. The summed E-state index contributed by atoms with van der Waals surface area (Å²) in [5.41, 5.74) is 3.00. The van der Waals surface area contributed by atoms with Gasteiger partial charge in [0.2, 0.25) is 0 Å². The minimum Gasteiger partial charge on any atom is -0.478 e. The fourth-order valence-electron chi connectivity index (χ4n) is 2.52. The van der Waals surface area contributed by atoms with E-state index in [0.29, 0.717) is 33.0 Å². The highest BCUT2D eigenvalue weighted by molar-refractivity contribution is 7.84. The van der Waals surface area contributed by atoms with Crippen molar-refractivity contribution in [1.29, 1.82) is 0 Å². The van der Waals surface area contributed by atoms with Gasteiger partial charge in [0, 0.05) is 45.1 Å². The van der Waals surface area contributed by atoms with Gasteiger partial charge in [-0.05, 0) is 36.8 Å². The zero-order valence-electron chi connectivity index (χ0n) is 12.5. The molecule has 1 aliphatic heterocycles. The molecule has 0 spiro atoms. The Hall–Kier alpha value is -2.67. The van der Waals surface area contributed by atoms with Crippen LogP contribution < -0.4 is 5.32 Å². The van der Waals surface area contributed by atoms with E-state index in [1.54, 1.807) is 37.5 Å². The number of hydrogen-bond donors (Lipinski definition) is 3. The molecule has 1 atom stereocenters. The van der Waals surface area contributed by atoms with Gasteiger partial charge in [-0.15, -0.1) is 0 Å². The second-order valence-corrected chi connectivity index (χ2v) is 6.60. The summed E-state index contributed by atoms with van der Waals surface area (Å²) in [6, 6.07) is 5.14. The number of hydrogen-bond acceptors (Lipinski definition) is 3. The van der Waals surface area contributed by atoms with Gasteiger partial charge in [-0.1, -0.05) is 0 Å². The second-order valence-electron chi connectivity index (χ2n) is 5.22. The van der Waals surface area contributed by atoms with E-state index >= 15 is 0 Å². The molecule has 0 bridgehead atoms. The van der Waals surface area contributed by atoms with Crippen molar-refractivity contribution in [3.05, 3.63) is 46.8 Å². The number of carbonyl (C=O) groups excluding carboxylic acids is 1. The minimum absolute atomic E-state index is 0.166. The Balaban J connectivity index is 2.11. The van der Waals surface area contributed by atoms with Gasteiger partial charge in [-0.2, -0.15) is 0 Å². The van der Waals surface area contributed by atoms with Crippen molar-refractivity contribution in [2.45, 2.75) is 11.8 Å². The van der Waals surface area contributed by atoms with Crippen LogP contribution in [0.5, 0.6) is 0 Å². The number of aromatic amines is 1. The molecular formula is C16H14N2O4S. The number of aromatic carboxylic acids is 1. The van der Waals surface area contributed by atoms with Gasteiger partial charge in [0.1, 0.15) is 0 Å². The summed E-state index contributed by atoms with van der Waals surface area (Å²) in [7, 11) is -1.15. The lowest BCUT2D eigenvalue weighted by atomic mass is 10.0. The monoisotopic (exact) mass is 330 g/mol. The number of aromatic nitrogens is 1. The Kier molecular flexibility index (Phi) is 3.65. The van der Waals surface area contributed by atoms with Crippen molar-refractivity contribution in [1.82, 2.24) is 4.98 Å². The van der Waals surface area contributed by atoms with E-state index in [1.807, 2.05) is 0 Å². The summed E-state index contributed by atoms with van der Waals surface area (Å²) < 4.78 is 11.6. The number of carboxylic acids is 1. The predicted octanol–water partition coefficient (Wildman–Crippen LogP) is 2.25. The number of H-pyrrole nitrogens is 1. The summed E-state index contributed by atoms with van der Waals surface area (Å²) in [4.78, 5) is 26.8. The number of benzene rings is 1. The third kappa shape index (κ3) is 2.59. The Bertz CT molecular complexity index is 895. The molecule has 6 nitrogen and oxygen atoms in total. The van der Waals surface area contributed by atoms with Crippen LogP contribution in [0.1, 0.15) is 27.2 Å². The quantitative estimate of drug-likeness (QED) is 0.752. The van der Waals surface area contributed by atoms with Gasteiger partial charge in [0.05, 0.1) is 11.1 Å². The van der Waals surface area contributed by atoms with Crippen LogP contribution in [0.3, 0.4) is 0 Å². The summed E-state index contributed by atoms with van der Waals surface area (Å²) >= 11 is 0. The van der Waals surface area contributed by atoms with Gasteiger partial charge in [0.15, 0.2) is 0 Å². The molecule has 0 fully saturated rings. The first-order valence-electron chi connectivity index (χ1n) is 6.80. The largest absolute Gasteiger partial charge is 0.478 e. The molecule has 7 heteroatoms. The molecular weight excluding hydrogens is 316 g/mol. The zero-order chi connectivity index (χ0) is 16.7. The van der Waals surface area contributed by atoms with E-state index in [-0.39, 0.29) is 11.5 Å². The predicted molar refractivity (Wildman–Crippen MR) is 87.8 cm³/mol. The molecule has 0 saturated carbocycles. The van der Waals surface area contributed by atoms with E-state index in [2.05, 4.69) is 10.3 Å². The summed E-state index contributed by atoms with van der Waals surface area (Å²) in [6.07, 6.45) is 4.59. The fraction of sp³-hybridized carbons (Fsp3) is 0.125. The van der Waals surface area contributed by atoms with Crippen LogP contribution in [0, 0.1) is 6.92 Å². The summed E-state index contributed by atoms with van der Waals surface area (Å²) in [5.74, 6) is -1.30. The lowest BCUT2D eigenvalue weighted by Crippen LogP contribution is -2.03. The van der Waals surface area contributed by atoms with Crippen LogP contribution in [0.15, 0.2) is 29.3 Å². The average Bonchev–Trinajstić information content (AvgIpc) is 3.00. The maximum Gasteiger partial charge on any atom is 0.337 e. The van der Waals surface area contributed by atoms with E-state index in [0.717, 1.165) is 0 Å². The topological polar surface area (TPSA) is 99.3 Å². The van der Waals surface area contributed by atoms with Crippen molar-refractivity contribution in [2.24, 2.45) is 0 Å². The van der Waals surface area contributed by atoms with Crippen LogP contribution in [0.4, 0.5) is 5.69 Å². The van der Waals surface area contributed by atoms with Gasteiger partial charge in [-0.25, -0.2) is 4.79 Å². The number of anilines is 1. The van der Waals surface area contributed by atoms with Crippen LogP contribution in [-0.4, -0.2) is 32.4 Å². The van der Waals surface area contributed by atoms with Crippen molar-refractivity contribution >= 4 is 40.0 Å². The third-order valence-electron chi connectivity index (χ3n) is 3.81. The number of nitrogens with one attached hydrogen (secondary N) is 2. The molecule has 1 unspecified atom stereocenters. The number of carbonyl (C=O) groups is 2. The number of fused-ring (bicyclic) bond motifs is 1. The van der Waals surface area contributed by atoms with Crippen molar-refractivity contribution in [3.8, 4) is 0 Å². The summed E-state index contributed by atoms with van der Waals surface area (Å²) in [6.45, 7) is 1.68. The van der Waals surface area contributed by atoms with Gasteiger partial charge < -0.3 is 15.4 Å². The highest BCUT2D eigenvalue weighted by Crippen LogP contribution is 2.34. The molecule has 1 aromatic heterocycles. The van der Waals surface area contributed by atoms with E-state index in [4.69, 9.17) is 5.11 Å². The molecule has 3 N–H and O–H groups in total. The highest BCUT2D eigenvalue weighted by atomic mass is 32.2. The lowest BCUT2D eigenvalue weighted by Gasteiger charge is -2.02. The minimum atomic E-state index is -1.15. The smallest absolute Gasteiger partial charge is 0.337 e. The summed E-state index contributed by atoms with van der Waals surface area (Å²) in [5, 5.41) is 11.8. The molecule has 2 heterocycles. The lowest BCUT2D eigenvalue weighted by molar-refractivity contribution is -0.110. The van der Waals surface area contributed by atoms with Crippen LogP contribution in [0.2, 0.25) is 0 Å². The highest BCUT2D eigenvalue weighted by Gasteiger charge is 2.25. The molecule has 0 radical (unpaired) electrons. The maximum absolute atomic E-state index is 12.2. The molecule has 23 heavy (non-hydrogen) atoms. The zero-order valence-corrected chi connectivity index (χ0v) is 13.3. The van der Waals surface area contributed by atoms with Crippen molar-refractivity contribution < 1.29 is 18.9 Å². The van der Waals surface area contributed by atoms with Crippen LogP contribution in [0.25, 0.3) is 11.6 Å².